The number of fused-ring (bicyclic) bond motifs is 2. The van der Waals surface area contributed by atoms with Crippen LogP contribution in [0.25, 0.3) is 0 Å². The summed E-state index contributed by atoms with van der Waals surface area (Å²) in [5.41, 5.74) is 1.80. The number of unbranched alkanes of at least 4 members (excludes halogenated alkanes) is 1. The Morgan fingerprint density at radius 2 is 1.80 bits per heavy atom. The number of hydrogen-bond acceptors (Lipinski definition) is 6. The topological polar surface area (TPSA) is 72.6 Å². The minimum Gasteiger partial charge on any atom is -0.490 e. The molecule has 3 atom stereocenters. The summed E-state index contributed by atoms with van der Waals surface area (Å²) in [6.07, 6.45) is 7.44. The molecule has 0 saturated carbocycles. The number of sulfone groups is 1. The Balaban J connectivity index is 1.39. The summed E-state index contributed by atoms with van der Waals surface area (Å²) in [5.74, 6) is 1.32. The molecule has 164 valence electrons. The van der Waals surface area contributed by atoms with E-state index in [0.717, 1.165) is 37.9 Å². The second kappa shape index (κ2) is 8.71. The lowest BCUT2D eigenvalue weighted by Gasteiger charge is -2.38. The van der Waals surface area contributed by atoms with Gasteiger partial charge < -0.3 is 9.26 Å². The molecule has 2 bridgehead atoms. The Kier molecular flexibility index (Phi) is 6.21. The van der Waals surface area contributed by atoms with Crippen molar-refractivity contribution in [1.82, 2.24) is 10.1 Å². The highest BCUT2D eigenvalue weighted by atomic mass is 32.2. The maximum atomic E-state index is 13.0. The number of hydrogen-bond donors (Lipinski definition) is 0. The first kappa shape index (κ1) is 21.4. The number of nitrogens with zero attached hydrogens (tertiary/aromatic N) is 2. The molecule has 3 heterocycles. The van der Waals surface area contributed by atoms with Gasteiger partial charge in [-0.25, -0.2) is 8.42 Å². The third-order valence-corrected chi connectivity index (χ3v) is 8.33. The minimum absolute atomic E-state index is 0.0318. The normalized spacial score (nSPS) is 24.3. The lowest BCUT2D eigenvalue weighted by atomic mass is 10.0. The molecule has 1 aromatic heterocycles. The zero-order valence-corrected chi connectivity index (χ0v) is 19.0. The van der Waals surface area contributed by atoms with E-state index < -0.39 is 9.84 Å². The molecule has 7 heteroatoms. The molecule has 2 aliphatic rings. The van der Waals surface area contributed by atoms with E-state index in [4.69, 9.17) is 9.26 Å². The van der Waals surface area contributed by atoms with Crippen molar-refractivity contribution in [3.63, 3.8) is 0 Å². The lowest BCUT2D eigenvalue weighted by Crippen LogP contribution is -2.48. The summed E-state index contributed by atoms with van der Waals surface area (Å²) in [6.45, 7) is 5.55. The SMILES string of the molecule is CCCCc1ccc(O[C@@H]2C[C@H]3CC[C@@H](C2)N3CS(=O)(=O)c2c(C)noc2C)cc1. The Bertz CT molecular complexity index is 934. The molecule has 2 saturated heterocycles. The summed E-state index contributed by atoms with van der Waals surface area (Å²) in [6, 6.07) is 8.94. The second-order valence-electron chi connectivity index (χ2n) is 8.76. The molecule has 0 unspecified atom stereocenters. The van der Waals surface area contributed by atoms with Crippen molar-refractivity contribution in [2.45, 2.75) is 88.8 Å². The van der Waals surface area contributed by atoms with Crippen LogP contribution in [0.4, 0.5) is 0 Å². The third-order valence-electron chi connectivity index (χ3n) is 6.48. The molecule has 2 aliphatic heterocycles. The highest BCUT2D eigenvalue weighted by Gasteiger charge is 2.44. The molecule has 0 radical (unpaired) electrons. The largest absolute Gasteiger partial charge is 0.490 e. The van der Waals surface area contributed by atoms with Gasteiger partial charge in [0, 0.05) is 12.1 Å². The number of rotatable bonds is 8. The minimum atomic E-state index is -3.46. The van der Waals surface area contributed by atoms with Gasteiger partial charge in [-0.2, -0.15) is 0 Å². The standard InChI is InChI=1S/C23H32N2O4S/c1-4-5-6-18-7-11-21(12-8-18)28-22-13-19-9-10-20(14-22)25(19)15-30(26,27)23-16(2)24-29-17(23)3/h7-8,11-12,19-20,22H,4-6,9-10,13-15H2,1-3H3/t19-,20+,22-. The second-order valence-corrected chi connectivity index (χ2v) is 10.7. The molecule has 1 aromatic carbocycles. The number of ether oxygens (including phenoxy) is 1. The molecule has 0 N–H and O–H groups in total. The quantitative estimate of drug-likeness (QED) is 0.614. The van der Waals surface area contributed by atoms with Gasteiger partial charge >= 0.3 is 0 Å². The Hall–Kier alpha value is -1.86. The molecule has 4 rings (SSSR count). The average Bonchev–Trinajstić information content (AvgIpc) is 3.15. The Morgan fingerprint density at radius 3 is 2.37 bits per heavy atom. The van der Waals surface area contributed by atoms with E-state index in [1.807, 2.05) is 0 Å². The third kappa shape index (κ3) is 4.42. The van der Waals surface area contributed by atoms with E-state index in [1.165, 1.54) is 18.4 Å². The molecule has 2 fully saturated rings. The number of benzene rings is 1. The van der Waals surface area contributed by atoms with Crippen LogP contribution in [0, 0.1) is 13.8 Å². The van der Waals surface area contributed by atoms with Crippen molar-refractivity contribution in [2.75, 3.05) is 5.88 Å². The summed E-state index contributed by atoms with van der Waals surface area (Å²) in [4.78, 5) is 2.41. The average molecular weight is 433 g/mol. The Labute approximate surface area is 179 Å². The number of piperidine rings is 1. The van der Waals surface area contributed by atoms with Crippen LogP contribution >= 0.6 is 0 Å². The van der Waals surface area contributed by atoms with E-state index in [0.29, 0.717) is 11.5 Å². The summed E-state index contributed by atoms with van der Waals surface area (Å²) in [7, 11) is -3.46. The van der Waals surface area contributed by atoms with Gasteiger partial charge in [0.2, 0.25) is 0 Å². The van der Waals surface area contributed by atoms with Crippen molar-refractivity contribution < 1.29 is 17.7 Å². The van der Waals surface area contributed by atoms with E-state index in [9.17, 15) is 8.42 Å². The van der Waals surface area contributed by atoms with Crippen LogP contribution in [-0.2, 0) is 16.3 Å². The van der Waals surface area contributed by atoms with Gasteiger partial charge in [0.15, 0.2) is 15.6 Å². The monoisotopic (exact) mass is 432 g/mol. The maximum Gasteiger partial charge on any atom is 0.196 e. The van der Waals surface area contributed by atoms with E-state index in [1.54, 1.807) is 13.8 Å². The molecule has 2 aromatic rings. The fourth-order valence-electron chi connectivity index (χ4n) is 5.02. The fraction of sp³-hybridized carbons (Fsp3) is 0.609. The predicted molar refractivity (Wildman–Crippen MR) is 115 cm³/mol. The van der Waals surface area contributed by atoms with Gasteiger partial charge in [0.25, 0.3) is 0 Å². The zero-order valence-electron chi connectivity index (χ0n) is 18.1. The van der Waals surface area contributed by atoms with Crippen LogP contribution in [0.2, 0.25) is 0 Å². The van der Waals surface area contributed by atoms with Crippen molar-refractivity contribution in [2.24, 2.45) is 0 Å². The number of aryl methyl sites for hydroxylation is 3. The molecule has 0 spiro atoms. The summed E-state index contributed by atoms with van der Waals surface area (Å²) < 4.78 is 37.4. The van der Waals surface area contributed by atoms with E-state index in [2.05, 4.69) is 41.2 Å². The molecular weight excluding hydrogens is 400 g/mol. The van der Waals surface area contributed by atoms with Crippen molar-refractivity contribution >= 4 is 9.84 Å². The first-order chi connectivity index (χ1) is 14.4. The van der Waals surface area contributed by atoms with Gasteiger partial charge in [0.1, 0.15) is 22.6 Å². The highest BCUT2D eigenvalue weighted by Crippen LogP contribution is 2.38. The maximum absolute atomic E-state index is 13.0. The molecule has 0 amide bonds. The first-order valence-corrected chi connectivity index (χ1v) is 12.7. The highest BCUT2D eigenvalue weighted by molar-refractivity contribution is 7.91. The van der Waals surface area contributed by atoms with Crippen LogP contribution in [-0.4, -0.2) is 42.5 Å². The fourth-order valence-corrected chi connectivity index (χ4v) is 6.92. The molecule has 6 nitrogen and oxygen atoms in total. The van der Waals surface area contributed by atoms with Gasteiger partial charge in [-0.05, 0) is 70.1 Å². The van der Waals surface area contributed by atoms with Crippen LogP contribution < -0.4 is 4.74 Å². The summed E-state index contributed by atoms with van der Waals surface area (Å²) in [5, 5.41) is 3.82. The molecule has 30 heavy (non-hydrogen) atoms. The van der Waals surface area contributed by atoms with Gasteiger partial charge in [0.05, 0.1) is 5.69 Å². The van der Waals surface area contributed by atoms with Gasteiger partial charge in [-0.1, -0.05) is 30.6 Å². The van der Waals surface area contributed by atoms with Gasteiger partial charge in [-0.3, -0.25) is 4.90 Å². The Morgan fingerprint density at radius 1 is 1.13 bits per heavy atom. The van der Waals surface area contributed by atoms with Crippen LogP contribution in [0.3, 0.4) is 0 Å². The van der Waals surface area contributed by atoms with E-state index in [-0.39, 0.29) is 29.0 Å². The smallest absolute Gasteiger partial charge is 0.196 e. The van der Waals surface area contributed by atoms with Crippen molar-refractivity contribution in [1.29, 1.82) is 0 Å². The van der Waals surface area contributed by atoms with E-state index >= 15 is 0 Å². The molecule has 0 aliphatic carbocycles. The predicted octanol–water partition coefficient (Wildman–Crippen LogP) is 4.44. The van der Waals surface area contributed by atoms with Gasteiger partial charge in [-0.15, -0.1) is 0 Å². The summed E-state index contributed by atoms with van der Waals surface area (Å²) >= 11 is 0. The van der Waals surface area contributed by atoms with Crippen LogP contribution in [0.5, 0.6) is 5.75 Å². The first-order valence-electron chi connectivity index (χ1n) is 11.0. The van der Waals surface area contributed by atoms with Crippen molar-refractivity contribution in [3.05, 3.63) is 41.3 Å². The zero-order chi connectivity index (χ0) is 21.3. The van der Waals surface area contributed by atoms with Crippen molar-refractivity contribution in [3.8, 4) is 5.75 Å². The van der Waals surface area contributed by atoms with Crippen LogP contribution in [0.15, 0.2) is 33.7 Å². The lowest BCUT2D eigenvalue weighted by molar-refractivity contribution is 0.0609. The number of aromatic nitrogens is 1. The molecular formula is C23H32N2O4S. The van der Waals surface area contributed by atoms with Crippen LogP contribution in [0.1, 0.15) is 62.5 Å².